The van der Waals surface area contributed by atoms with E-state index >= 15 is 0 Å². The van der Waals surface area contributed by atoms with E-state index in [1.54, 1.807) is 25.1 Å². The Labute approximate surface area is 242 Å². The minimum Gasteiger partial charge on any atom is -0.493 e. The van der Waals surface area contributed by atoms with Gasteiger partial charge in [-0.25, -0.2) is 19.2 Å². The number of anilines is 1. The van der Waals surface area contributed by atoms with Crippen LogP contribution in [0.3, 0.4) is 0 Å². The third-order valence-electron chi connectivity index (χ3n) is 7.60. The fraction of sp³-hybridized carbons (Fsp3) is 0.188. The zero-order valence-electron chi connectivity index (χ0n) is 23.9. The summed E-state index contributed by atoms with van der Waals surface area (Å²) in [6.45, 7) is 2.00. The molecule has 0 unspecified atom stereocenters. The molecule has 0 spiro atoms. The van der Waals surface area contributed by atoms with Crippen LogP contribution in [0.1, 0.15) is 28.3 Å². The topological polar surface area (TPSA) is 91.8 Å². The Balaban J connectivity index is 1.46. The van der Waals surface area contributed by atoms with Crippen molar-refractivity contribution in [3.63, 3.8) is 0 Å². The summed E-state index contributed by atoms with van der Waals surface area (Å²) >= 11 is 0. The summed E-state index contributed by atoms with van der Waals surface area (Å²) in [5, 5.41) is 9.71. The molecule has 210 valence electrons. The summed E-state index contributed by atoms with van der Waals surface area (Å²) in [5.41, 5.74) is 7.08. The van der Waals surface area contributed by atoms with Gasteiger partial charge in [0.1, 0.15) is 6.33 Å². The largest absolute Gasteiger partial charge is 0.493 e. The molecule has 0 bridgehead atoms. The van der Waals surface area contributed by atoms with Crippen molar-refractivity contribution in [1.29, 1.82) is 0 Å². The standard InChI is InChI=1S/C32H29N7O3/c1-19-26-27(21-13-16-24(40-4)25(17-21)41-5)28-30-34-29(20-11-14-22(15-12-20)37(2)3)36-38(30)18-33-31(28)42-32(26)39(35-19)23-9-7-6-8-10-23/h6-18,27H,1-5H3/t27-/m1/s1. The van der Waals surface area contributed by atoms with E-state index in [0.29, 0.717) is 34.7 Å². The number of nitrogens with zero attached hydrogens (tertiary/aromatic N) is 7. The molecule has 1 aliphatic rings. The number of aromatic nitrogens is 6. The first-order valence-electron chi connectivity index (χ1n) is 13.5. The van der Waals surface area contributed by atoms with E-state index in [9.17, 15) is 0 Å². The molecule has 10 nitrogen and oxygen atoms in total. The minimum atomic E-state index is -0.314. The molecule has 0 radical (unpaired) electrons. The third kappa shape index (κ3) is 4.02. The number of para-hydroxylation sites is 1. The lowest BCUT2D eigenvalue weighted by atomic mass is 9.84. The van der Waals surface area contributed by atoms with Crippen molar-refractivity contribution in [3.8, 4) is 40.3 Å². The van der Waals surface area contributed by atoms with Gasteiger partial charge in [0, 0.05) is 25.3 Å². The predicted octanol–water partition coefficient (Wildman–Crippen LogP) is 5.65. The number of aryl methyl sites for hydroxylation is 1. The lowest BCUT2D eigenvalue weighted by molar-refractivity contribution is 0.354. The highest BCUT2D eigenvalue weighted by Gasteiger charge is 2.38. The summed E-state index contributed by atoms with van der Waals surface area (Å²) in [6, 6.07) is 24.0. The van der Waals surface area contributed by atoms with Gasteiger partial charge in [-0.3, -0.25) is 0 Å². The number of methoxy groups -OCH3 is 2. The molecule has 0 aliphatic carbocycles. The van der Waals surface area contributed by atoms with Crippen molar-refractivity contribution in [2.45, 2.75) is 12.8 Å². The summed E-state index contributed by atoms with van der Waals surface area (Å²) in [4.78, 5) is 11.8. The van der Waals surface area contributed by atoms with Gasteiger partial charge >= 0.3 is 0 Å². The number of ether oxygens (including phenoxy) is 3. The fourth-order valence-electron chi connectivity index (χ4n) is 5.52. The maximum Gasteiger partial charge on any atom is 0.230 e. The average Bonchev–Trinajstić information content (AvgIpc) is 3.61. The molecule has 42 heavy (non-hydrogen) atoms. The highest BCUT2D eigenvalue weighted by Crippen LogP contribution is 2.50. The van der Waals surface area contributed by atoms with Crippen molar-refractivity contribution < 1.29 is 14.2 Å². The molecule has 3 aromatic carbocycles. The van der Waals surface area contributed by atoms with Crippen LogP contribution < -0.4 is 19.1 Å². The van der Waals surface area contributed by atoms with Gasteiger partial charge in [-0.2, -0.15) is 5.10 Å². The van der Waals surface area contributed by atoms with E-state index in [1.807, 2.05) is 86.4 Å². The van der Waals surface area contributed by atoms with Gasteiger partial charge in [0.2, 0.25) is 11.8 Å². The molecule has 1 aliphatic heterocycles. The van der Waals surface area contributed by atoms with Gasteiger partial charge in [-0.15, -0.1) is 5.10 Å². The second kappa shape index (κ2) is 9.91. The zero-order valence-corrected chi connectivity index (χ0v) is 23.9. The molecular weight excluding hydrogens is 530 g/mol. The average molecular weight is 560 g/mol. The Morgan fingerprint density at radius 3 is 2.33 bits per heavy atom. The van der Waals surface area contributed by atoms with Gasteiger partial charge in [-0.05, 0) is 61.0 Å². The lowest BCUT2D eigenvalue weighted by Gasteiger charge is -2.26. The van der Waals surface area contributed by atoms with Crippen molar-refractivity contribution in [2.75, 3.05) is 33.2 Å². The van der Waals surface area contributed by atoms with Crippen molar-refractivity contribution in [2.24, 2.45) is 0 Å². The van der Waals surface area contributed by atoms with Crippen LogP contribution in [0.2, 0.25) is 0 Å². The van der Waals surface area contributed by atoms with Crippen LogP contribution in [-0.4, -0.2) is 57.7 Å². The Morgan fingerprint density at radius 1 is 0.857 bits per heavy atom. The summed E-state index contributed by atoms with van der Waals surface area (Å²) in [7, 11) is 7.29. The maximum atomic E-state index is 6.55. The Hall–Kier alpha value is -5.38. The molecule has 1 atom stereocenters. The molecular formula is C32H29N7O3. The predicted molar refractivity (Wildman–Crippen MR) is 159 cm³/mol. The van der Waals surface area contributed by atoms with Crippen molar-refractivity contribution >= 4 is 11.3 Å². The second-order valence-electron chi connectivity index (χ2n) is 10.3. The lowest BCUT2D eigenvalue weighted by Crippen LogP contribution is -2.16. The first-order chi connectivity index (χ1) is 20.5. The van der Waals surface area contributed by atoms with Crippen LogP contribution in [0.4, 0.5) is 5.69 Å². The van der Waals surface area contributed by atoms with Crippen LogP contribution in [0.25, 0.3) is 22.7 Å². The molecule has 0 fully saturated rings. The highest BCUT2D eigenvalue weighted by atomic mass is 16.5. The molecule has 6 aromatic rings. The second-order valence-corrected chi connectivity index (χ2v) is 10.3. The van der Waals surface area contributed by atoms with Gasteiger partial charge in [0.15, 0.2) is 23.0 Å². The van der Waals surface area contributed by atoms with Crippen molar-refractivity contribution in [3.05, 3.63) is 102 Å². The monoisotopic (exact) mass is 559 g/mol. The van der Waals surface area contributed by atoms with Crippen LogP contribution in [0.15, 0.2) is 79.1 Å². The SMILES string of the molecule is COc1ccc([C@@H]2c3c(C)nn(-c4ccccc4)c3Oc3ncn4nc(-c5ccc(N(C)C)cc5)nc4c32)cc1OC. The van der Waals surface area contributed by atoms with Crippen LogP contribution in [0.5, 0.6) is 23.3 Å². The molecule has 4 heterocycles. The van der Waals surface area contributed by atoms with Gasteiger partial charge in [0.05, 0.1) is 42.6 Å². The first-order valence-corrected chi connectivity index (χ1v) is 13.5. The molecule has 10 heteroatoms. The van der Waals surface area contributed by atoms with Crippen LogP contribution in [0, 0.1) is 6.92 Å². The molecule has 0 saturated carbocycles. The zero-order chi connectivity index (χ0) is 29.0. The maximum absolute atomic E-state index is 6.55. The number of rotatable bonds is 6. The van der Waals surface area contributed by atoms with E-state index in [0.717, 1.165) is 39.3 Å². The first kappa shape index (κ1) is 25.6. The van der Waals surface area contributed by atoms with Gasteiger partial charge in [0.25, 0.3) is 0 Å². The fourth-order valence-corrected chi connectivity index (χ4v) is 5.52. The quantitative estimate of drug-likeness (QED) is 0.258. The number of hydrogen-bond donors (Lipinski definition) is 0. The van der Waals surface area contributed by atoms with E-state index in [4.69, 9.17) is 34.4 Å². The Morgan fingerprint density at radius 2 is 1.62 bits per heavy atom. The van der Waals surface area contributed by atoms with Gasteiger partial charge in [-0.1, -0.05) is 24.3 Å². The Kier molecular flexibility index (Phi) is 6.04. The third-order valence-corrected chi connectivity index (χ3v) is 7.60. The van der Waals surface area contributed by atoms with E-state index in [1.165, 1.54) is 0 Å². The van der Waals surface area contributed by atoms with Crippen molar-refractivity contribution in [1.82, 2.24) is 29.4 Å². The highest BCUT2D eigenvalue weighted by molar-refractivity contribution is 5.70. The van der Waals surface area contributed by atoms with E-state index in [2.05, 4.69) is 17.0 Å². The normalized spacial score (nSPS) is 13.8. The summed E-state index contributed by atoms with van der Waals surface area (Å²) in [5.74, 6) is 2.62. The van der Waals surface area contributed by atoms with E-state index < -0.39 is 0 Å². The van der Waals surface area contributed by atoms with Crippen LogP contribution >= 0.6 is 0 Å². The summed E-state index contributed by atoms with van der Waals surface area (Å²) in [6.07, 6.45) is 1.64. The molecule has 3 aromatic heterocycles. The minimum absolute atomic E-state index is 0.314. The number of fused-ring (bicyclic) bond motifs is 4. The smallest absolute Gasteiger partial charge is 0.230 e. The molecule has 0 amide bonds. The molecule has 0 saturated heterocycles. The van der Waals surface area contributed by atoms with Gasteiger partial charge < -0.3 is 19.1 Å². The Bertz CT molecular complexity index is 1930. The summed E-state index contributed by atoms with van der Waals surface area (Å²) < 4.78 is 21.3. The molecule has 0 N–H and O–H groups in total. The number of hydrogen-bond acceptors (Lipinski definition) is 8. The molecule has 7 rings (SSSR count). The number of benzene rings is 3. The van der Waals surface area contributed by atoms with Crippen LogP contribution in [-0.2, 0) is 0 Å². The van der Waals surface area contributed by atoms with E-state index in [-0.39, 0.29) is 5.92 Å².